The number of hydrogen-bond acceptors (Lipinski definition) is 7. The van der Waals surface area contributed by atoms with Crippen molar-refractivity contribution in [2.45, 2.75) is 33.4 Å². The summed E-state index contributed by atoms with van der Waals surface area (Å²) in [7, 11) is 0. The van der Waals surface area contributed by atoms with Crippen LogP contribution in [0.2, 0.25) is 0 Å². The van der Waals surface area contributed by atoms with Crippen LogP contribution in [0.25, 0.3) is 16.8 Å². The lowest BCUT2D eigenvalue weighted by Gasteiger charge is -2.24. The number of rotatable bonds is 9. The van der Waals surface area contributed by atoms with Crippen LogP contribution in [0.3, 0.4) is 0 Å². The number of thiazole rings is 1. The minimum atomic E-state index is -0.703. The molecule has 1 aliphatic heterocycles. The predicted molar refractivity (Wildman–Crippen MR) is 198 cm³/mol. The molecule has 2 heterocycles. The Balaban J connectivity index is 1.45. The fraction of sp³-hybridized carbons (Fsp3) is 0.194. The van der Waals surface area contributed by atoms with E-state index in [1.165, 1.54) is 11.3 Å². The van der Waals surface area contributed by atoms with E-state index in [4.69, 9.17) is 19.2 Å². The third kappa shape index (κ3) is 6.52. The number of esters is 1. The van der Waals surface area contributed by atoms with Gasteiger partial charge in [0.1, 0.15) is 18.1 Å². The molecule has 0 fully saturated rings. The summed E-state index contributed by atoms with van der Waals surface area (Å²) in [6.45, 7) is 6.59. The maximum atomic E-state index is 14.2. The molecule has 234 valence electrons. The van der Waals surface area contributed by atoms with E-state index in [2.05, 4.69) is 75.5 Å². The molecule has 5 aromatic rings. The highest BCUT2D eigenvalue weighted by atomic mass is 127. The summed E-state index contributed by atoms with van der Waals surface area (Å²) in [5.41, 5.74) is 3.25. The standard InChI is InChI=1S/C36H30I2N2O5S/c1-4-43-27-15-13-23(14-16-27)32-31(35(42)44-5-2)21(3)39-36-40(32)34(41)30(46-36)18-25-17-26(37)19-29(38)33(25)45-20-24-11-8-10-22-9-6-7-12-28(22)24/h6-19,32H,4-5,20H2,1-3H3/b30-18-/t32-/m1/s1. The normalized spacial score (nSPS) is 14.6. The van der Waals surface area contributed by atoms with Crippen LogP contribution < -0.4 is 24.4 Å². The van der Waals surface area contributed by atoms with Crippen LogP contribution in [-0.4, -0.2) is 23.8 Å². The van der Waals surface area contributed by atoms with E-state index in [0.29, 0.717) is 45.3 Å². The number of fused-ring (bicyclic) bond motifs is 2. The fourth-order valence-electron chi connectivity index (χ4n) is 5.57. The van der Waals surface area contributed by atoms with Gasteiger partial charge in [0, 0.05) is 9.13 Å². The maximum Gasteiger partial charge on any atom is 0.338 e. The Morgan fingerprint density at radius 2 is 1.74 bits per heavy atom. The van der Waals surface area contributed by atoms with Gasteiger partial charge in [-0.3, -0.25) is 9.36 Å². The number of hydrogen-bond donors (Lipinski definition) is 0. The SMILES string of the molecule is CCOC(=O)C1=C(C)N=c2s/c(=C\c3cc(I)cc(I)c3OCc3cccc4ccccc34)c(=O)n2[C@@H]1c1ccc(OCC)cc1. The van der Waals surface area contributed by atoms with Gasteiger partial charge in [0.2, 0.25) is 0 Å². The lowest BCUT2D eigenvalue weighted by Crippen LogP contribution is -2.39. The lowest BCUT2D eigenvalue weighted by molar-refractivity contribution is -0.139. The first-order valence-corrected chi connectivity index (χ1v) is 17.8. The van der Waals surface area contributed by atoms with Gasteiger partial charge in [-0.05, 0) is 118 Å². The molecule has 0 amide bonds. The first-order valence-electron chi connectivity index (χ1n) is 14.8. The van der Waals surface area contributed by atoms with Crippen LogP contribution in [0.1, 0.15) is 43.5 Å². The molecule has 0 saturated heterocycles. The third-order valence-corrected chi connectivity index (χ3v) is 10.0. The Morgan fingerprint density at radius 3 is 2.50 bits per heavy atom. The largest absolute Gasteiger partial charge is 0.494 e. The van der Waals surface area contributed by atoms with Gasteiger partial charge in [-0.15, -0.1) is 0 Å². The first-order chi connectivity index (χ1) is 22.3. The zero-order valence-corrected chi connectivity index (χ0v) is 30.5. The third-order valence-electron chi connectivity index (χ3n) is 7.60. The smallest absolute Gasteiger partial charge is 0.338 e. The van der Waals surface area contributed by atoms with Gasteiger partial charge in [-0.2, -0.15) is 0 Å². The molecular weight excluding hydrogens is 826 g/mol. The summed E-state index contributed by atoms with van der Waals surface area (Å²) in [4.78, 5) is 32.8. The molecule has 0 N–H and O–H groups in total. The molecule has 0 bridgehead atoms. The molecule has 0 unspecified atom stereocenters. The molecule has 7 nitrogen and oxygen atoms in total. The van der Waals surface area contributed by atoms with Crippen molar-refractivity contribution in [3.05, 3.63) is 134 Å². The molecule has 0 saturated carbocycles. The van der Waals surface area contributed by atoms with Gasteiger partial charge in [-0.1, -0.05) is 65.9 Å². The average molecular weight is 857 g/mol. The molecule has 1 aromatic heterocycles. The van der Waals surface area contributed by atoms with Gasteiger partial charge in [0.15, 0.2) is 4.80 Å². The summed E-state index contributed by atoms with van der Waals surface area (Å²) in [6.07, 6.45) is 1.87. The molecular formula is C36H30I2N2O5S. The van der Waals surface area contributed by atoms with Crippen molar-refractivity contribution < 1.29 is 19.0 Å². The second-order valence-corrected chi connectivity index (χ2v) is 14.0. The van der Waals surface area contributed by atoms with Crippen LogP contribution in [0, 0.1) is 7.14 Å². The van der Waals surface area contributed by atoms with Crippen molar-refractivity contribution in [3.8, 4) is 11.5 Å². The summed E-state index contributed by atoms with van der Waals surface area (Å²) in [5, 5.41) is 2.30. The van der Waals surface area contributed by atoms with Crippen molar-refractivity contribution in [2.75, 3.05) is 13.2 Å². The minimum absolute atomic E-state index is 0.211. The lowest BCUT2D eigenvalue weighted by atomic mass is 9.96. The molecule has 6 rings (SSSR count). The Hall–Kier alpha value is -3.49. The monoisotopic (exact) mass is 856 g/mol. The second kappa shape index (κ2) is 14.1. The molecule has 0 spiro atoms. The van der Waals surface area contributed by atoms with Crippen LogP contribution in [0.4, 0.5) is 0 Å². The van der Waals surface area contributed by atoms with E-state index in [1.807, 2.05) is 61.5 Å². The zero-order chi connectivity index (χ0) is 32.4. The van der Waals surface area contributed by atoms with Crippen molar-refractivity contribution in [3.63, 3.8) is 0 Å². The molecule has 1 aliphatic rings. The highest BCUT2D eigenvalue weighted by Crippen LogP contribution is 2.33. The molecule has 1 atom stereocenters. The minimum Gasteiger partial charge on any atom is -0.494 e. The number of carbonyl (C=O) groups excluding carboxylic acids is 1. The number of nitrogens with zero attached hydrogens (tertiary/aromatic N) is 2. The predicted octanol–water partition coefficient (Wildman–Crippen LogP) is 7.14. The van der Waals surface area contributed by atoms with Gasteiger partial charge in [0.05, 0.1) is 38.6 Å². The first kappa shape index (κ1) is 32.5. The van der Waals surface area contributed by atoms with Crippen LogP contribution in [-0.2, 0) is 16.1 Å². The van der Waals surface area contributed by atoms with Crippen LogP contribution >= 0.6 is 56.5 Å². The van der Waals surface area contributed by atoms with E-state index in [9.17, 15) is 9.59 Å². The van der Waals surface area contributed by atoms with E-state index in [0.717, 1.165) is 34.6 Å². The van der Waals surface area contributed by atoms with Crippen LogP contribution in [0.15, 0.2) is 99.9 Å². The Kier molecular flexibility index (Phi) is 9.95. The summed E-state index contributed by atoms with van der Waals surface area (Å²) in [6, 6.07) is 25.3. The number of benzene rings is 4. The quantitative estimate of drug-likeness (QED) is 0.117. The molecule has 4 aromatic carbocycles. The van der Waals surface area contributed by atoms with Crippen molar-refractivity contribution in [2.24, 2.45) is 4.99 Å². The van der Waals surface area contributed by atoms with Gasteiger partial charge in [0.25, 0.3) is 5.56 Å². The van der Waals surface area contributed by atoms with E-state index < -0.39 is 12.0 Å². The van der Waals surface area contributed by atoms with Gasteiger partial charge < -0.3 is 14.2 Å². The number of allylic oxidation sites excluding steroid dienone is 1. The molecule has 0 radical (unpaired) electrons. The molecule has 46 heavy (non-hydrogen) atoms. The Morgan fingerprint density at radius 1 is 0.978 bits per heavy atom. The topological polar surface area (TPSA) is 79.1 Å². The summed E-state index contributed by atoms with van der Waals surface area (Å²) >= 11 is 5.85. The average Bonchev–Trinajstić information content (AvgIpc) is 3.34. The van der Waals surface area contributed by atoms with Crippen molar-refractivity contribution in [1.82, 2.24) is 4.57 Å². The summed E-state index contributed by atoms with van der Waals surface area (Å²) in [5.74, 6) is 0.917. The number of aromatic nitrogens is 1. The summed E-state index contributed by atoms with van der Waals surface area (Å²) < 4.78 is 21.6. The number of carbonyl (C=O) groups is 1. The van der Waals surface area contributed by atoms with E-state index >= 15 is 0 Å². The highest BCUT2D eigenvalue weighted by molar-refractivity contribution is 14.1. The Bertz CT molecular complexity index is 2160. The molecule has 0 aliphatic carbocycles. The van der Waals surface area contributed by atoms with Crippen LogP contribution in [0.5, 0.6) is 11.5 Å². The van der Waals surface area contributed by atoms with Gasteiger partial charge >= 0.3 is 5.97 Å². The number of ether oxygens (including phenoxy) is 3. The number of halogens is 2. The Labute approximate surface area is 297 Å². The van der Waals surface area contributed by atoms with Gasteiger partial charge in [-0.25, -0.2) is 9.79 Å². The van der Waals surface area contributed by atoms with E-state index in [1.54, 1.807) is 18.4 Å². The fourth-order valence-corrected chi connectivity index (χ4v) is 8.65. The van der Waals surface area contributed by atoms with Crippen molar-refractivity contribution in [1.29, 1.82) is 0 Å². The van der Waals surface area contributed by atoms with E-state index in [-0.39, 0.29) is 12.2 Å². The second-order valence-electron chi connectivity index (χ2n) is 10.5. The maximum absolute atomic E-state index is 14.2. The zero-order valence-electron chi connectivity index (χ0n) is 25.4. The van der Waals surface area contributed by atoms with Crippen molar-refractivity contribution >= 4 is 79.3 Å². The molecule has 10 heteroatoms. The highest BCUT2D eigenvalue weighted by Gasteiger charge is 2.33.